The number of hydrogen-bond acceptors (Lipinski definition) is 2. The number of carbonyl (C=O) groups excluding carboxylic acids is 1. The average molecular weight is 326 g/mol. The number of amides is 1. The third-order valence-corrected chi connectivity index (χ3v) is 2.75. The molecule has 0 aliphatic rings. The first kappa shape index (κ1) is 11.7. The van der Waals surface area contributed by atoms with Gasteiger partial charge in [0.2, 0.25) is 0 Å². The van der Waals surface area contributed by atoms with E-state index in [-0.39, 0.29) is 19.1 Å². The van der Waals surface area contributed by atoms with Crippen LogP contribution < -0.4 is 5.32 Å². The lowest BCUT2D eigenvalue weighted by Crippen LogP contribution is -2.27. The molecule has 0 atom stereocenters. The smallest absolute Gasteiger partial charge is 0.252 e. The molecule has 0 bridgehead atoms. The van der Waals surface area contributed by atoms with Crippen LogP contribution in [-0.2, 0) is 0 Å². The molecule has 0 saturated heterocycles. The van der Waals surface area contributed by atoms with Gasteiger partial charge in [0.05, 0.1) is 12.2 Å². The minimum Gasteiger partial charge on any atom is -0.395 e. The highest BCUT2D eigenvalue weighted by Crippen LogP contribution is 2.17. The monoisotopic (exact) mass is 325 g/mol. The molecule has 0 radical (unpaired) electrons. The number of nitrogens with one attached hydrogen (secondary N) is 1. The van der Waals surface area contributed by atoms with Crippen LogP contribution >= 0.6 is 34.2 Å². The largest absolute Gasteiger partial charge is 0.395 e. The zero-order valence-corrected chi connectivity index (χ0v) is 10.2. The molecule has 0 spiro atoms. The molecule has 2 N–H and O–H groups in total. The number of aliphatic hydroxyl groups excluding tert-OH is 1. The van der Waals surface area contributed by atoms with Gasteiger partial charge in [-0.1, -0.05) is 11.6 Å². The van der Waals surface area contributed by atoms with E-state index < -0.39 is 0 Å². The van der Waals surface area contributed by atoms with Crippen molar-refractivity contribution in [3.63, 3.8) is 0 Å². The summed E-state index contributed by atoms with van der Waals surface area (Å²) in [6.45, 7) is 0.185. The summed E-state index contributed by atoms with van der Waals surface area (Å²) in [4.78, 5) is 11.5. The van der Waals surface area contributed by atoms with Gasteiger partial charge in [-0.05, 0) is 40.8 Å². The maximum atomic E-state index is 11.5. The second kappa shape index (κ2) is 5.53. The first-order valence-electron chi connectivity index (χ1n) is 3.99. The normalized spacial score (nSPS) is 9.93. The minimum absolute atomic E-state index is 0.0666. The molecule has 1 amide bonds. The van der Waals surface area contributed by atoms with Gasteiger partial charge in [-0.25, -0.2) is 0 Å². The van der Waals surface area contributed by atoms with Gasteiger partial charge in [0.15, 0.2) is 0 Å². The molecular weight excluding hydrogens is 316 g/mol. The lowest BCUT2D eigenvalue weighted by Gasteiger charge is -2.05. The third-order valence-electron chi connectivity index (χ3n) is 1.57. The fourth-order valence-corrected chi connectivity index (χ4v) is 1.69. The van der Waals surface area contributed by atoms with Crippen molar-refractivity contribution in [2.24, 2.45) is 0 Å². The molecule has 1 aromatic rings. The molecule has 3 nitrogen and oxygen atoms in total. The van der Waals surface area contributed by atoms with E-state index in [1.54, 1.807) is 18.2 Å². The van der Waals surface area contributed by atoms with Crippen molar-refractivity contribution in [3.8, 4) is 0 Å². The SMILES string of the molecule is O=C(NCCO)c1cc(Cl)ccc1I. The topological polar surface area (TPSA) is 49.3 Å². The lowest BCUT2D eigenvalue weighted by molar-refractivity contribution is 0.0944. The Bertz CT molecular complexity index is 344. The van der Waals surface area contributed by atoms with Crippen LogP contribution in [0.5, 0.6) is 0 Å². The Kier molecular flexibility index (Phi) is 4.64. The van der Waals surface area contributed by atoms with Crippen LogP contribution in [0.25, 0.3) is 0 Å². The first-order valence-corrected chi connectivity index (χ1v) is 5.45. The predicted octanol–water partition coefficient (Wildman–Crippen LogP) is 1.67. The Hall–Kier alpha value is -0.330. The van der Waals surface area contributed by atoms with Gasteiger partial charge >= 0.3 is 0 Å². The van der Waals surface area contributed by atoms with Crippen molar-refractivity contribution in [1.82, 2.24) is 5.32 Å². The molecule has 0 heterocycles. The highest BCUT2D eigenvalue weighted by molar-refractivity contribution is 14.1. The van der Waals surface area contributed by atoms with Gasteiger partial charge in [0.25, 0.3) is 5.91 Å². The molecule has 0 fully saturated rings. The third kappa shape index (κ3) is 3.11. The van der Waals surface area contributed by atoms with Gasteiger partial charge in [0.1, 0.15) is 0 Å². The summed E-state index contributed by atoms with van der Waals surface area (Å²) in [7, 11) is 0. The van der Waals surface area contributed by atoms with Gasteiger partial charge in [-0.2, -0.15) is 0 Å². The predicted molar refractivity (Wildman–Crippen MR) is 63.6 cm³/mol. The van der Waals surface area contributed by atoms with Crippen molar-refractivity contribution >= 4 is 40.1 Å². The second-order valence-electron chi connectivity index (χ2n) is 2.60. The van der Waals surface area contributed by atoms with Gasteiger partial charge in [0, 0.05) is 15.1 Å². The molecule has 0 aliphatic heterocycles. The number of halogens is 2. The molecule has 1 rings (SSSR count). The van der Waals surface area contributed by atoms with Crippen LogP contribution in [0.1, 0.15) is 10.4 Å². The zero-order chi connectivity index (χ0) is 10.6. The summed E-state index contributed by atoms with van der Waals surface area (Å²) >= 11 is 7.82. The summed E-state index contributed by atoms with van der Waals surface area (Å²) < 4.78 is 0.836. The molecule has 76 valence electrons. The van der Waals surface area contributed by atoms with E-state index in [0.717, 1.165) is 3.57 Å². The Morgan fingerprint density at radius 3 is 2.93 bits per heavy atom. The van der Waals surface area contributed by atoms with Crippen LogP contribution in [0.4, 0.5) is 0 Å². The van der Waals surface area contributed by atoms with E-state index in [2.05, 4.69) is 27.9 Å². The van der Waals surface area contributed by atoms with Crippen molar-refractivity contribution in [2.45, 2.75) is 0 Å². The molecule has 1 aromatic carbocycles. The maximum Gasteiger partial charge on any atom is 0.252 e. The van der Waals surface area contributed by atoms with E-state index >= 15 is 0 Å². The summed E-state index contributed by atoms with van der Waals surface area (Å²) in [5.74, 6) is -0.217. The summed E-state index contributed by atoms with van der Waals surface area (Å²) in [5.41, 5.74) is 0.534. The van der Waals surface area contributed by atoms with E-state index in [4.69, 9.17) is 16.7 Å². The molecule has 0 aromatic heterocycles. The van der Waals surface area contributed by atoms with Crippen LogP contribution in [0.2, 0.25) is 5.02 Å². The number of carbonyl (C=O) groups is 1. The van der Waals surface area contributed by atoms with Crippen molar-refractivity contribution in [2.75, 3.05) is 13.2 Å². The Morgan fingerprint density at radius 2 is 2.29 bits per heavy atom. The van der Waals surface area contributed by atoms with Gasteiger partial charge < -0.3 is 10.4 Å². The fraction of sp³-hybridized carbons (Fsp3) is 0.222. The number of aliphatic hydroxyl groups is 1. The van der Waals surface area contributed by atoms with E-state index in [1.807, 2.05) is 0 Å². The first-order chi connectivity index (χ1) is 6.65. The Balaban J connectivity index is 2.83. The van der Waals surface area contributed by atoms with Gasteiger partial charge in [-0.3, -0.25) is 4.79 Å². The van der Waals surface area contributed by atoms with Crippen molar-refractivity contribution in [1.29, 1.82) is 0 Å². The number of rotatable bonds is 3. The van der Waals surface area contributed by atoms with E-state index in [9.17, 15) is 4.79 Å². The lowest BCUT2D eigenvalue weighted by atomic mass is 10.2. The van der Waals surface area contributed by atoms with Crippen LogP contribution in [0.15, 0.2) is 18.2 Å². The number of hydrogen-bond donors (Lipinski definition) is 2. The molecule has 14 heavy (non-hydrogen) atoms. The zero-order valence-electron chi connectivity index (χ0n) is 7.26. The summed E-state index contributed by atoms with van der Waals surface area (Å²) in [6, 6.07) is 5.11. The van der Waals surface area contributed by atoms with Crippen molar-refractivity contribution in [3.05, 3.63) is 32.4 Å². The maximum absolute atomic E-state index is 11.5. The average Bonchev–Trinajstić information content (AvgIpc) is 2.18. The Morgan fingerprint density at radius 1 is 1.57 bits per heavy atom. The minimum atomic E-state index is -0.217. The summed E-state index contributed by atoms with van der Waals surface area (Å²) in [6.07, 6.45) is 0. The molecule has 0 saturated carbocycles. The summed E-state index contributed by atoms with van der Waals surface area (Å²) in [5, 5.41) is 11.6. The Labute approximate surface area is 101 Å². The highest BCUT2D eigenvalue weighted by atomic mass is 127. The number of benzene rings is 1. The van der Waals surface area contributed by atoms with Crippen molar-refractivity contribution < 1.29 is 9.90 Å². The van der Waals surface area contributed by atoms with E-state index in [1.165, 1.54) is 0 Å². The molecule has 0 unspecified atom stereocenters. The standard InChI is InChI=1S/C9H9ClINO2/c10-6-1-2-8(11)7(5-6)9(14)12-3-4-13/h1-2,5,13H,3-4H2,(H,12,14). The molecule has 0 aliphatic carbocycles. The van der Waals surface area contributed by atoms with Crippen LogP contribution in [-0.4, -0.2) is 24.2 Å². The van der Waals surface area contributed by atoms with Crippen LogP contribution in [0, 0.1) is 3.57 Å². The highest BCUT2D eigenvalue weighted by Gasteiger charge is 2.09. The second-order valence-corrected chi connectivity index (χ2v) is 4.20. The van der Waals surface area contributed by atoms with E-state index in [0.29, 0.717) is 10.6 Å². The molecule has 5 heteroatoms. The van der Waals surface area contributed by atoms with Crippen LogP contribution in [0.3, 0.4) is 0 Å². The fourth-order valence-electron chi connectivity index (χ4n) is 0.936. The quantitative estimate of drug-likeness (QED) is 0.831. The molecular formula is C9H9ClINO2. The van der Waals surface area contributed by atoms with Gasteiger partial charge in [-0.15, -0.1) is 0 Å².